The third kappa shape index (κ3) is 14.0. The van der Waals surface area contributed by atoms with Crippen LogP contribution in [-0.4, -0.2) is 33.8 Å². The fourth-order valence-electron chi connectivity index (χ4n) is 4.46. The second-order valence-corrected chi connectivity index (χ2v) is 15.6. The van der Waals surface area contributed by atoms with Gasteiger partial charge in [0.15, 0.2) is 0 Å². The first-order valence-electron chi connectivity index (χ1n) is 15.2. The fourth-order valence-corrected chi connectivity index (χ4v) is 7.02. The molecular weight excluding hydrogens is 508 g/mol. The predicted molar refractivity (Wildman–Crippen MR) is 171 cm³/mol. The van der Waals surface area contributed by atoms with Gasteiger partial charge in [0.25, 0.3) is 0 Å². The van der Waals surface area contributed by atoms with Crippen LogP contribution in [0.25, 0.3) is 0 Å². The van der Waals surface area contributed by atoms with Gasteiger partial charge >= 0.3 is 5.97 Å². The number of thioether (sulfide) groups is 2. The van der Waals surface area contributed by atoms with Crippen LogP contribution in [0.5, 0.6) is 5.75 Å². The zero-order chi connectivity index (χ0) is 28.6. The smallest absolute Gasteiger partial charge is 0.338 e. The average Bonchev–Trinajstić information content (AvgIpc) is 2.84. The van der Waals surface area contributed by atoms with Gasteiger partial charge in [-0.2, -0.15) is 0 Å². The molecule has 0 saturated carbocycles. The minimum absolute atomic E-state index is 0.270. The molecule has 5 heteroatoms. The maximum absolute atomic E-state index is 13.2. The molecule has 1 aromatic carbocycles. The zero-order valence-electron chi connectivity index (χ0n) is 25.9. The van der Waals surface area contributed by atoms with Gasteiger partial charge in [0, 0.05) is 11.1 Å². The number of phenols is 1. The summed E-state index contributed by atoms with van der Waals surface area (Å²) in [7, 11) is 0. The summed E-state index contributed by atoms with van der Waals surface area (Å²) in [6, 6.07) is 3.66. The Hall–Kier alpha value is -0.810. The Labute approximate surface area is 244 Å². The van der Waals surface area contributed by atoms with E-state index in [0.29, 0.717) is 17.9 Å². The second-order valence-electron chi connectivity index (χ2n) is 12.7. The number of aromatic hydroxyl groups is 1. The molecule has 0 aromatic heterocycles. The van der Waals surface area contributed by atoms with E-state index in [1.54, 1.807) is 0 Å². The Morgan fingerprint density at radius 2 is 1.13 bits per heavy atom. The molecule has 0 bridgehead atoms. The standard InChI is InChI=1S/C33H58O3S2/c1-9-11-13-15-17-19-21-37-29(38-22-20-18-16-14-12-10-2)25-36-31(35)26-23-27(32(3,4)5)30(34)28(24-26)33(6,7)8/h23-24,29,34H,9-22,25H2,1-8H3. The van der Waals surface area contributed by atoms with Crippen molar-refractivity contribution in [1.29, 1.82) is 0 Å². The Morgan fingerprint density at radius 3 is 1.53 bits per heavy atom. The van der Waals surface area contributed by atoms with Crippen molar-refractivity contribution in [3.8, 4) is 5.75 Å². The van der Waals surface area contributed by atoms with Gasteiger partial charge in [-0.1, -0.05) is 120 Å². The highest BCUT2D eigenvalue weighted by Crippen LogP contribution is 2.40. The van der Waals surface area contributed by atoms with E-state index in [1.807, 2.05) is 35.7 Å². The second kappa shape index (κ2) is 18.5. The molecule has 0 radical (unpaired) electrons. The first kappa shape index (κ1) is 35.2. The van der Waals surface area contributed by atoms with Crippen LogP contribution >= 0.6 is 23.5 Å². The highest BCUT2D eigenvalue weighted by Gasteiger charge is 2.28. The maximum atomic E-state index is 13.2. The molecule has 1 aromatic rings. The van der Waals surface area contributed by atoms with Crippen LogP contribution in [0.2, 0.25) is 0 Å². The molecule has 0 atom stereocenters. The van der Waals surface area contributed by atoms with E-state index in [0.717, 1.165) is 22.6 Å². The molecule has 0 heterocycles. The lowest BCUT2D eigenvalue weighted by molar-refractivity contribution is 0.0523. The van der Waals surface area contributed by atoms with Crippen molar-refractivity contribution < 1.29 is 14.6 Å². The molecule has 1 rings (SSSR count). The lowest BCUT2D eigenvalue weighted by Crippen LogP contribution is -2.20. The molecule has 0 unspecified atom stereocenters. The molecule has 0 aliphatic carbocycles. The van der Waals surface area contributed by atoms with Gasteiger partial charge in [0.05, 0.1) is 10.1 Å². The number of esters is 1. The van der Waals surface area contributed by atoms with Crippen molar-refractivity contribution in [2.24, 2.45) is 0 Å². The molecule has 3 nitrogen and oxygen atoms in total. The third-order valence-electron chi connectivity index (χ3n) is 6.92. The molecule has 220 valence electrons. The van der Waals surface area contributed by atoms with Crippen LogP contribution in [0.1, 0.15) is 154 Å². The molecule has 1 N–H and O–H groups in total. The SMILES string of the molecule is CCCCCCCCSC(COC(=O)c1cc(C(C)(C)C)c(O)c(C(C)(C)C)c1)SCCCCCCCC. The first-order valence-corrected chi connectivity index (χ1v) is 17.3. The summed E-state index contributed by atoms with van der Waals surface area (Å²) in [5.41, 5.74) is 1.58. The lowest BCUT2D eigenvalue weighted by Gasteiger charge is -2.28. The number of benzene rings is 1. The number of unbranched alkanes of at least 4 members (excludes halogenated alkanes) is 10. The summed E-state index contributed by atoms with van der Waals surface area (Å²) >= 11 is 3.91. The van der Waals surface area contributed by atoms with E-state index in [1.165, 1.54) is 77.0 Å². The molecular formula is C33H58O3S2. The van der Waals surface area contributed by atoms with Crippen LogP contribution in [0.15, 0.2) is 12.1 Å². The summed E-state index contributed by atoms with van der Waals surface area (Å²) in [6.07, 6.45) is 15.6. The molecule has 0 saturated heterocycles. The Kier molecular flexibility index (Phi) is 17.2. The van der Waals surface area contributed by atoms with Gasteiger partial charge in [-0.3, -0.25) is 0 Å². The van der Waals surface area contributed by atoms with Crippen molar-refractivity contribution in [2.75, 3.05) is 18.1 Å². The van der Waals surface area contributed by atoms with Crippen LogP contribution < -0.4 is 0 Å². The van der Waals surface area contributed by atoms with Crippen LogP contribution in [0, 0.1) is 0 Å². The number of phenolic OH excluding ortho intramolecular Hbond substituents is 1. The average molecular weight is 567 g/mol. The fraction of sp³-hybridized carbons (Fsp3) is 0.788. The Morgan fingerprint density at radius 1 is 0.737 bits per heavy atom. The monoisotopic (exact) mass is 566 g/mol. The quantitative estimate of drug-likeness (QED) is 0.102. The number of hydrogen-bond acceptors (Lipinski definition) is 5. The maximum Gasteiger partial charge on any atom is 0.338 e. The van der Waals surface area contributed by atoms with Gasteiger partial charge in [-0.15, -0.1) is 23.5 Å². The van der Waals surface area contributed by atoms with E-state index >= 15 is 0 Å². The first-order chi connectivity index (χ1) is 17.9. The van der Waals surface area contributed by atoms with Crippen LogP contribution in [0.3, 0.4) is 0 Å². The van der Waals surface area contributed by atoms with Crippen molar-refractivity contribution in [1.82, 2.24) is 0 Å². The largest absolute Gasteiger partial charge is 0.507 e. The summed E-state index contributed by atoms with van der Waals surface area (Å²) in [5.74, 6) is 2.26. The third-order valence-corrected chi connectivity index (χ3v) is 9.80. The summed E-state index contributed by atoms with van der Waals surface area (Å²) in [5, 5.41) is 11.0. The summed E-state index contributed by atoms with van der Waals surface area (Å²) < 4.78 is 6.19. The van der Waals surface area contributed by atoms with Crippen molar-refractivity contribution in [2.45, 2.75) is 148 Å². The number of rotatable bonds is 19. The molecule has 38 heavy (non-hydrogen) atoms. The lowest BCUT2D eigenvalue weighted by atomic mass is 9.78. The highest BCUT2D eigenvalue weighted by molar-refractivity contribution is 8.17. The van der Waals surface area contributed by atoms with Crippen LogP contribution in [0.4, 0.5) is 0 Å². The predicted octanol–water partition coefficient (Wildman–Crippen LogP) is 10.7. The minimum atomic E-state index is -0.286. The Balaban J connectivity index is 2.80. The van der Waals surface area contributed by atoms with Crippen molar-refractivity contribution >= 4 is 29.5 Å². The number of hydrogen-bond donors (Lipinski definition) is 1. The van der Waals surface area contributed by atoms with E-state index in [-0.39, 0.29) is 21.4 Å². The van der Waals surface area contributed by atoms with Gasteiger partial charge < -0.3 is 9.84 Å². The molecule has 0 aliphatic heterocycles. The topological polar surface area (TPSA) is 46.5 Å². The van der Waals surface area contributed by atoms with E-state index < -0.39 is 0 Å². The van der Waals surface area contributed by atoms with Gasteiger partial charge in [-0.25, -0.2) is 4.79 Å². The van der Waals surface area contributed by atoms with Crippen LogP contribution in [-0.2, 0) is 15.6 Å². The normalized spacial score (nSPS) is 12.3. The summed E-state index contributed by atoms with van der Waals surface area (Å²) in [6.45, 7) is 17.3. The van der Waals surface area contributed by atoms with Gasteiger partial charge in [0.2, 0.25) is 0 Å². The minimum Gasteiger partial charge on any atom is -0.507 e. The summed E-state index contributed by atoms with van der Waals surface area (Å²) in [4.78, 5) is 13.2. The van der Waals surface area contributed by atoms with E-state index in [2.05, 4.69) is 55.4 Å². The van der Waals surface area contributed by atoms with E-state index in [9.17, 15) is 9.90 Å². The zero-order valence-corrected chi connectivity index (χ0v) is 27.6. The van der Waals surface area contributed by atoms with E-state index in [4.69, 9.17) is 4.74 Å². The van der Waals surface area contributed by atoms with Gasteiger partial charge in [-0.05, 0) is 47.3 Å². The molecule has 0 aliphatic rings. The number of ether oxygens (including phenoxy) is 1. The number of carbonyl (C=O) groups excluding carboxylic acids is 1. The molecule has 0 spiro atoms. The van der Waals surface area contributed by atoms with Gasteiger partial charge in [0.1, 0.15) is 12.4 Å². The highest BCUT2D eigenvalue weighted by atomic mass is 32.2. The molecule has 0 amide bonds. The molecule has 0 fully saturated rings. The Bertz CT molecular complexity index is 739. The number of carbonyl (C=O) groups is 1. The van der Waals surface area contributed by atoms with Crippen molar-refractivity contribution in [3.63, 3.8) is 0 Å². The van der Waals surface area contributed by atoms with Crippen molar-refractivity contribution in [3.05, 3.63) is 28.8 Å².